The Morgan fingerprint density at radius 1 is 1.44 bits per heavy atom. The van der Waals surface area contributed by atoms with Crippen LogP contribution in [0.4, 0.5) is 0 Å². The third kappa shape index (κ3) is 3.33. The quantitative estimate of drug-likeness (QED) is 0.292. The number of nitrogens with zero attached hydrogens (tertiary/aromatic N) is 1. The lowest BCUT2D eigenvalue weighted by molar-refractivity contribution is 0.270. The van der Waals surface area contributed by atoms with Crippen LogP contribution in [-0.2, 0) is 0 Å². The topological polar surface area (TPSA) is 3.24 Å². The van der Waals surface area contributed by atoms with Crippen molar-refractivity contribution in [1.82, 2.24) is 4.90 Å². The standard InChI is InChI=1S/C6H14ClNS/c1-4-8(5-2)6(3,7)9/h9H,4-5H2,1-3H3. The van der Waals surface area contributed by atoms with Crippen molar-refractivity contribution in [2.24, 2.45) is 0 Å². The van der Waals surface area contributed by atoms with E-state index in [1.54, 1.807) is 0 Å². The number of rotatable bonds is 3. The summed E-state index contributed by atoms with van der Waals surface area (Å²) in [6.45, 7) is 7.91. The Kier molecular flexibility index (Phi) is 3.94. The fraction of sp³-hybridized carbons (Fsp3) is 1.00. The Morgan fingerprint density at radius 2 is 1.78 bits per heavy atom. The van der Waals surface area contributed by atoms with Gasteiger partial charge in [-0.1, -0.05) is 25.4 Å². The number of halogens is 1. The smallest absolute Gasteiger partial charge is 0.137 e. The molecule has 0 N–H and O–H groups in total. The van der Waals surface area contributed by atoms with Crippen LogP contribution in [0, 0.1) is 0 Å². The van der Waals surface area contributed by atoms with Gasteiger partial charge in [0.05, 0.1) is 0 Å². The average molecular weight is 168 g/mol. The van der Waals surface area contributed by atoms with Gasteiger partial charge in [-0.15, -0.1) is 12.6 Å². The van der Waals surface area contributed by atoms with Crippen molar-refractivity contribution in [2.45, 2.75) is 25.1 Å². The van der Waals surface area contributed by atoms with Gasteiger partial charge in [0.15, 0.2) is 0 Å². The summed E-state index contributed by atoms with van der Waals surface area (Å²) >= 11 is 10.1. The van der Waals surface area contributed by atoms with Crippen LogP contribution < -0.4 is 0 Å². The van der Waals surface area contributed by atoms with Gasteiger partial charge in [-0.05, 0) is 20.0 Å². The molecule has 0 aliphatic carbocycles. The summed E-state index contributed by atoms with van der Waals surface area (Å²) in [6, 6.07) is 0. The van der Waals surface area contributed by atoms with Crippen LogP contribution >= 0.6 is 24.2 Å². The predicted molar refractivity (Wildman–Crippen MR) is 46.2 cm³/mol. The highest BCUT2D eigenvalue weighted by Crippen LogP contribution is 2.23. The molecule has 1 atom stereocenters. The minimum Gasteiger partial charge on any atom is -0.278 e. The minimum atomic E-state index is -0.483. The van der Waals surface area contributed by atoms with Gasteiger partial charge in [0.25, 0.3) is 0 Å². The number of hydrogen-bond acceptors (Lipinski definition) is 2. The zero-order chi connectivity index (χ0) is 7.49. The van der Waals surface area contributed by atoms with E-state index in [4.69, 9.17) is 11.6 Å². The van der Waals surface area contributed by atoms with Crippen molar-refractivity contribution < 1.29 is 0 Å². The second-order valence-electron chi connectivity index (χ2n) is 2.08. The van der Waals surface area contributed by atoms with Crippen molar-refractivity contribution in [3.63, 3.8) is 0 Å². The van der Waals surface area contributed by atoms with E-state index in [0.717, 1.165) is 13.1 Å². The molecule has 0 spiro atoms. The normalized spacial score (nSPS) is 18.0. The zero-order valence-corrected chi connectivity index (χ0v) is 7.84. The molecule has 0 bridgehead atoms. The molecule has 0 aliphatic rings. The average Bonchev–Trinajstić information content (AvgIpc) is 1.65. The molecule has 0 fully saturated rings. The Bertz CT molecular complexity index is 75.6. The molecule has 0 aliphatic heterocycles. The van der Waals surface area contributed by atoms with Crippen LogP contribution in [0.2, 0.25) is 0 Å². The van der Waals surface area contributed by atoms with Crippen LogP contribution in [-0.4, -0.2) is 22.3 Å². The first-order valence-electron chi connectivity index (χ1n) is 3.18. The molecule has 3 heteroatoms. The van der Waals surface area contributed by atoms with Gasteiger partial charge in [-0.25, -0.2) is 0 Å². The summed E-state index contributed by atoms with van der Waals surface area (Å²) in [6.07, 6.45) is 0. The molecule has 0 amide bonds. The molecular weight excluding hydrogens is 154 g/mol. The molecule has 1 nitrogen and oxygen atoms in total. The summed E-state index contributed by atoms with van der Waals surface area (Å²) in [5.41, 5.74) is 0. The lowest BCUT2D eigenvalue weighted by atomic mass is 10.5. The number of alkyl halides is 1. The van der Waals surface area contributed by atoms with E-state index >= 15 is 0 Å². The molecule has 0 heterocycles. The van der Waals surface area contributed by atoms with Gasteiger partial charge in [-0.2, -0.15) is 0 Å². The first kappa shape index (κ1) is 9.60. The first-order chi connectivity index (χ1) is 4.02. The van der Waals surface area contributed by atoms with E-state index in [2.05, 4.69) is 31.4 Å². The van der Waals surface area contributed by atoms with Crippen LogP contribution in [0.3, 0.4) is 0 Å². The van der Waals surface area contributed by atoms with Gasteiger partial charge in [0.2, 0.25) is 0 Å². The maximum absolute atomic E-state index is 5.89. The van der Waals surface area contributed by atoms with E-state index in [9.17, 15) is 0 Å². The Balaban J connectivity index is 3.79. The second-order valence-corrected chi connectivity index (χ2v) is 3.95. The molecular formula is C6H14ClNS. The third-order valence-corrected chi connectivity index (χ3v) is 1.86. The fourth-order valence-corrected chi connectivity index (χ4v) is 1.32. The fourth-order valence-electron chi connectivity index (χ4n) is 0.801. The van der Waals surface area contributed by atoms with E-state index in [1.807, 2.05) is 6.92 Å². The van der Waals surface area contributed by atoms with Crippen molar-refractivity contribution in [1.29, 1.82) is 0 Å². The number of thiol groups is 1. The second kappa shape index (κ2) is 3.69. The largest absolute Gasteiger partial charge is 0.278 e. The minimum absolute atomic E-state index is 0.483. The molecule has 1 unspecified atom stereocenters. The molecule has 0 radical (unpaired) electrons. The van der Waals surface area contributed by atoms with Crippen LogP contribution in [0.15, 0.2) is 0 Å². The predicted octanol–water partition coefficient (Wildman–Crippen LogP) is 2.17. The summed E-state index contributed by atoms with van der Waals surface area (Å²) in [5, 5.41) is 0. The van der Waals surface area contributed by atoms with E-state index in [-0.39, 0.29) is 0 Å². The highest BCUT2D eigenvalue weighted by molar-refractivity contribution is 7.83. The molecule has 0 aromatic heterocycles. The maximum Gasteiger partial charge on any atom is 0.137 e. The summed E-state index contributed by atoms with van der Waals surface area (Å²) < 4.78 is -0.483. The van der Waals surface area contributed by atoms with Gasteiger partial charge in [0, 0.05) is 0 Å². The lowest BCUT2D eigenvalue weighted by Gasteiger charge is -2.29. The molecule has 0 saturated carbocycles. The molecule has 9 heavy (non-hydrogen) atoms. The zero-order valence-electron chi connectivity index (χ0n) is 6.19. The maximum atomic E-state index is 5.89. The summed E-state index contributed by atoms with van der Waals surface area (Å²) in [4.78, 5) is 2.07. The van der Waals surface area contributed by atoms with Crippen molar-refractivity contribution in [2.75, 3.05) is 13.1 Å². The van der Waals surface area contributed by atoms with Gasteiger partial charge < -0.3 is 0 Å². The highest BCUT2D eigenvalue weighted by atomic mass is 35.5. The van der Waals surface area contributed by atoms with E-state index < -0.39 is 4.33 Å². The molecule has 0 saturated heterocycles. The Morgan fingerprint density at radius 3 is 1.78 bits per heavy atom. The third-order valence-electron chi connectivity index (χ3n) is 1.34. The molecule has 0 aromatic carbocycles. The first-order valence-corrected chi connectivity index (χ1v) is 4.01. The van der Waals surface area contributed by atoms with Crippen LogP contribution in [0.5, 0.6) is 0 Å². The summed E-state index contributed by atoms with van der Waals surface area (Å²) in [5.74, 6) is 0. The van der Waals surface area contributed by atoms with E-state index in [1.165, 1.54) is 0 Å². The SMILES string of the molecule is CCN(CC)C(C)(S)Cl. The summed E-state index contributed by atoms with van der Waals surface area (Å²) in [7, 11) is 0. The lowest BCUT2D eigenvalue weighted by Crippen LogP contribution is -2.36. The highest BCUT2D eigenvalue weighted by Gasteiger charge is 2.20. The molecule has 0 aromatic rings. The van der Waals surface area contributed by atoms with Gasteiger partial charge >= 0.3 is 0 Å². The monoisotopic (exact) mass is 167 g/mol. The van der Waals surface area contributed by atoms with Crippen LogP contribution in [0.1, 0.15) is 20.8 Å². The van der Waals surface area contributed by atoms with Crippen molar-refractivity contribution >= 4 is 24.2 Å². The van der Waals surface area contributed by atoms with Crippen molar-refractivity contribution in [3.8, 4) is 0 Å². The van der Waals surface area contributed by atoms with E-state index in [0.29, 0.717) is 0 Å². The van der Waals surface area contributed by atoms with Gasteiger partial charge in [-0.3, -0.25) is 4.90 Å². The molecule has 0 rings (SSSR count). The molecule has 56 valence electrons. The van der Waals surface area contributed by atoms with Crippen LogP contribution in [0.25, 0.3) is 0 Å². The number of hydrogen-bond donors (Lipinski definition) is 1. The van der Waals surface area contributed by atoms with Gasteiger partial charge in [0.1, 0.15) is 4.33 Å². The Hall–Kier alpha value is 0.600. The van der Waals surface area contributed by atoms with Crippen molar-refractivity contribution in [3.05, 3.63) is 0 Å². The Labute approximate surface area is 67.8 Å².